The molecule has 0 spiro atoms. The van der Waals surface area contributed by atoms with E-state index in [-0.39, 0.29) is 0 Å². The van der Waals surface area contributed by atoms with E-state index in [4.69, 9.17) is 0 Å². The average molecular weight is 238 g/mol. The Bertz CT molecular complexity index is 532. The van der Waals surface area contributed by atoms with Crippen LogP contribution in [0.4, 0.5) is 0 Å². The summed E-state index contributed by atoms with van der Waals surface area (Å²) in [7, 11) is 2.30. The van der Waals surface area contributed by atoms with Crippen molar-refractivity contribution in [2.24, 2.45) is 0 Å². The summed E-state index contributed by atoms with van der Waals surface area (Å²) in [5.74, 6) is 0.524. The Kier molecular flexibility index (Phi) is 2.92. The number of likely N-dealkylation sites (N-methyl/N-ethyl adjacent to an activating group) is 1. The Morgan fingerprint density at radius 1 is 0.944 bits per heavy atom. The van der Waals surface area contributed by atoms with Crippen LogP contribution in [0.25, 0.3) is 0 Å². The molecule has 3 rings (SSSR count). The van der Waals surface area contributed by atoms with E-state index in [1.165, 1.54) is 16.7 Å². The highest BCUT2D eigenvalue weighted by atomic mass is 15.1. The molecule has 1 nitrogen and oxygen atoms in total. The third-order valence-corrected chi connectivity index (χ3v) is 4.30. The van der Waals surface area contributed by atoms with E-state index in [0.717, 1.165) is 6.54 Å². The molecule has 2 aromatic carbocycles. The van der Waals surface area contributed by atoms with Gasteiger partial charge in [0.2, 0.25) is 0 Å². The lowest BCUT2D eigenvalue weighted by Crippen LogP contribution is -3.12. The monoisotopic (exact) mass is 238 g/mol. The molecule has 0 amide bonds. The summed E-state index contributed by atoms with van der Waals surface area (Å²) in [5, 5.41) is 0. The van der Waals surface area contributed by atoms with Crippen molar-refractivity contribution in [3.05, 3.63) is 71.3 Å². The molecule has 1 heteroatoms. The van der Waals surface area contributed by atoms with Gasteiger partial charge in [-0.25, -0.2) is 0 Å². The van der Waals surface area contributed by atoms with Crippen LogP contribution in [0.15, 0.2) is 54.6 Å². The van der Waals surface area contributed by atoms with E-state index in [0.29, 0.717) is 12.0 Å². The Morgan fingerprint density at radius 3 is 2.39 bits per heavy atom. The second-order valence-electron chi connectivity index (χ2n) is 5.40. The lowest BCUT2D eigenvalue weighted by atomic mass is 9.80. The molecule has 3 atom stereocenters. The van der Waals surface area contributed by atoms with E-state index in [1.807, 2.05) is 0 Å². The minimum absolute atomic E-state index is 0.524. The largest absolute Gasteiger partial charge is 0.331 e. The first-order valence-corrected chi connectivity index (χ1v) is 6.72. The van der Waals surface area contributed by atoms with Crippen molar-refractivity contribution in [2.45, 2.75) is 25.4 Å². The Hall–Kier alpha value is -1.60. The maximum absolute atomic E-state index is 2.36. The van der Waals surface area contributed by atoms with Crippen LogP contribution < -0.4 is 4.90 Å². The molecule has 0 aromatic heterocycles. The van der Waals surface area contributed by atoms with Gasteiger partial charge in [-0.15, -0.1) is 0 Å². The molecule has 1 aliphatic heterocycles. The van der Waals surface area contributed by atoms with Crippen LogP contribution >= 0.6 is 0 Å². The van der Waals surface area contributed by atoms with Crippen LogP contribution in [0, 0.1) is 0 Å². The number of fused-ring (bicyclic) bond motifs is 1. The molecule has 0 aliphatic carbocycles. The van der Waals surface area contributed by atoms with Gasteiger partial charge in [-0.05, 0) is 18.1 Å². The predicted molar refractivity (Wildman–Crippen MR) is 74.8 cm³/mol. The highest BCUT2D eigenvalue weighted by molar-refractivity contribution is 5.39. The fourth-order valence-corrected chi connectivity index (χ4v) is 3.14. The topological polar surface area (TPSA) is 4.44 Å². The van der Waals surface area contributed by atoms with Gasteiger partial charge in [0.25, 0.3) is 0 Å². The first-order chi connectivity index (χ1) is 8.77. The second kappa shape index (κ2) is 4.58. The van der Waals surface area contributed by atoms with Gasteiger partial charge in [-0.1, -0.05) is 54.6 Å². The fourth-order valence-electron chi connectivity index (χ4n) is 3.14. The Morgan fingerprint density at radius 2 is 1.61 bits per heavy atom. The van der Waals surface area contributed by atoms with E-state index < -0.39 is 0 Å². The molecule has 1 unspecified atom stereocenters. The van der Waals surface area contributed by atoms with Crippen LogP contribution in [0.5, 0.6) is 0 Å². The van der Waals surface area contributed by atoms with Gasteiger partial charge < -0.3 is 4.90 Å². The van der Waals surface area contributed by atoms with Crippen molar-refractivity contribution >= 4 is 0 Å². The van der Waals surface area contributed by atoms with E-state index in [1.54, 1.807) is 4.90 Å². The average Bonchev–Trinajstić information content (AvgIpc) is 2.41. The number of nitrogens with one attached hydrogen (secondary N) is 1. The number of hydrogen-bond acceptors (Lipinski definition) is 0. The van der Waals surface area contributed by atoms with Gasteiger partial charge in [-0.3, -0.25) is 0 Å². The minimum Gasteiger partial charge on any atom is -0.331 e. The van der Waals surface area contributed by atoms with Gasteiger partial charge in [0, 0.05) is 5.56 Å². The highest BCUT2D eigenvalue weighted by Crippen LogP contribution is 2.31. The number of benzene rings is 2. The van der Waals surface area contributed by atoms with E-state index >= 15 is 0 Å². The molecule has 92 valence electrons. The number of rotatable bonds is 1. The fraction of sp³-hybridized carbons (Fsp3) is 0.294. The zero-order valence-electron chi connectivity index (χ0n) is 11.1. The van der Waals surface area contributed by atoms with Crippen LogP contribution in [0.1, 0.15) is 29.5 Å². The lowest BCUT2D eigenvalue weighted by molar-refractivity contribution is -0.921. The summed E-state index contributed by atoms with van der Waals surface area (Å²) in [6.45, 7) is 3.50. The number of hydrogen-bond donors (Lipinski definition) is 1. The minimum atomic E-state index is 0.524. The molecule has 0 bridgehead atoms. The van der Waals surface area contributed by atoms with Gasteiger partial charge in [0.15, 0.2) is 0 Å². The molecular weight excluding hydrogens is 218 g/mol. The molecule has 1 N–H and O–H groups in total. The van der Waals surface area contributed by atoms with Gasteiger partial charge >= 0.3 is 0 Å². The van der Waals surface area contributed by atoms with Crippen molar-refractivity contribution in [1.29, 1.82) is 0 Å². The van der Waals surface area contributed by atoms with Crippen molar-refractivity contribution in [3.8, 4) is 0 Å². The Labute approximate surface area is 109 Å². The molecular formula is C17H20N+. The molecule has 0 saturated heterocycles. The summed E-state index contributed by atoms with van der Waals surface area (Å²) < 4.78 is 0. The second-order valence-corrected chi connectivity index (χ2v) is 5.40. The summed E-state index contributed by atoms with van der Waals surface area (Å²) in [6, 6.07) is 20.4. The number of quaternary nitrogens is 1. The maximum atomic E-state index is 2.36. The molecule has 2 aromatic rings. The molecule has 1 aliphatic rings. The zero-order valence-corrected chi connectivity index (χ0v) is 11.1. The van der Waals surface area contributed by atoms with E-state index in [9.17, 15) is 0 Å². The van der Waals surface area contributed by atoms with Crippen LogP contribution in [0.2, 0.25) is 0 Å². The van der Waals surface area contributed by atoms with Crippen LogP contribution in [-0.2, 0) is 6.54 Å². The lowest BCUT2D eigenvalue weighted by Gasteiger charge is -2.36. The Balaban J connectivity index is 2.12. The zero-order chi connectivity index (χ0) is 12.5. The predicted octanol–water partition coefficient (Wildman–Crippen LogP) is 2.24. The van der Waals surface area contributed by atoms with Gasteiger partial charge in [-0.2, -0.15) is 0 Å². The van der Waals surface area contributed by atoms with Crippen molar-refractivity contribution in [2.75, 3.05) is 7.05 Å². The third-order valence-electron chi connectivity index (χ3n) is 4.30. The SMILES string of the molecule is C[C@H]1[C@H](c2ccccc2)c2ccccc2C[NH+]1C. The van der Waals surface area contributed by atoms with Crippen molar-refractivity contribution in [3.63, 3.8) is 0 Å². The summed E-state index contributed by atoms with van der Waals surface area (Å²) >= 11 is 0. The van der Waals surface area contributed by atoms with Crippen molar-refractivity contribution < 1.29 is 4.90 Å². The van der Waals surface area contributed by atoms with Gasteiger partial charge in [0.05, 0.1) is 19.0 Å². The summed E-state index contributed by atoms with van der Waals surface area (Å²) in [6.07, 6.45) is 0. The molecule has 0 fully saturated rings. The third kappa shape index (κ3) is 1.85. The molecule has 1 heterocycles. The van der Waals surface area contributed by atoms with Crippen molar-refractivity contribution in [1.82, 2.24) is 0 Å². The molecule has 18 heavy (non-hydrogen) atoms. The van der Waals surface area contributed by atoms with E-state index in [2.05, 4.69) is 68.6 Å². The molecule has 0 radical (unpaired) electrons. The summed E-state index contributed by atoms with van der Waals surface area (Å²) in [4.78, 5) is 1.60. The van der Waals surface area contributed by atoms with Crippen LogP contribution in [-0.4, -0.2) is 13.1 Å². The molecule has 0 saturated carbocycles. The normalized spacial score (nSPS) is 26.7. The van der Waals surface area contributed by atoms with Crippen LogP contribution in [0.3, 0.4) is 0 Å². The summed E-state index contributed by atoms with van der Waals surface area (Å²) in [5.41, 5.74) is 4.46. The highest BCUT2D eigenvalue weighted by Gasteiger charge is 2.33. The standard InChI is InChI=1S/C17H19N/c1-13-17(14-8-4-3-5-9-14)16-11-7-6-10-15(16)12-18(13)2/h3-11,13,17H,12H2,1-2H3/p+1/t13-,17+/m0/s1. The quantitative estimate of drug-likeness (QED) is 0.777. The first kappa shape index (κ1) is 11.5. The maximum Gasteiger partial charge on any atom is 0.103 e. The first-order valence-electron chi connectivity index (χ1n) is 6.72. The smallest absolute Gasteiger partial charge is 0.103 e. The van der Waals surface area contributed by atoms with Gasteiger partial charge in [0.1, 0.15) is 6.54 Å².